The van der Waals surface area contributed by atoms with Gasteiger partial charge in [0.1, 0.15) is 23.0 Å². The molecule has 0 spiro atoms. The molecule has 0 radical (unpaired) electrons. The van der Waals surface area contributed by atoms with Crippen LogP contribution < -0.4 is 20.1 Å². The van der Waals surface area contributed by atoms with E-state index in [9.17, 15) is 4.79 Å². The summed E-state index contributed by atoms with van der Waals surface area (Å²) in [4.78, 5) is 20.9. The van der Waals surface area contributed by atoms with Gasteiger partial charge >= 0.3 is 0 Å². The number of aromatic nitrogens is 2. The van der Waals surface area contributed by atoms with Gasteiger partial charge in [0.25, 0.3) is 5.91 Å². The van der Waals surface area contributed by atoms with Crippen LogP contribution in [-0.2, 0) is 0 Å². The van der Waals surface area contributed by atoms with E-state index >= 15 is 0 Å². The molecule has 1 heterocycles. The molecule has 7 heteroatoms. The highest BCUT2D eigenvalue weighted by molar-refractivity contribution is 6.03. The van der Waals surface area contributed by atoms with Gasteiger partial charge in [-0.2, -0.15) is 0 Å². The van der Waals surface area contributed by atoms with Gasteiger partial charge in [0.2, 0.25) is 0 Å². The van der Waals surface area contributed by atoms with Crippen LogP contribution in [0.3, 0.4) is 0 Å². The summed E-state index contributed by atoms with van der Waals surface area (Å²) in [5.74, 6) is 1.41. The Bertz CT molecular complexity index is 942. The van der Waals surface area contributed by atoms with Gasteiger partial charge in [-0.1, -0.05) is 18.2 Å². The molecular weight excluding hydrogens is 344 g/mol. The lowest BCUT2D eigenvalue weighted by atomic mass is 10.2. The van der Waals surface area contributed by atoms with Crippen molar-refractivity contribution >= 4 is 23.1 Å². The smallest absolute Gasteiger partial charge is 0.275 e. The summed E-state index contributed by atoms with van der Waals surface area (Å²) < 4.78 is 10.6. The zero-order chi connectivity index (χ0) is 19.2. The molecule has 0 saturated heterocycles. The van der Waals surface area contributed by atoms with Crippen molar-refractivity contribution in [1.82, 2.24) is 9.97 Å². The van der Waals surface area contributed by atoms with Gasteiger partial charge in [0.15, 0.2) is 0 Å². The van der Waals surface area contributed by atoms with E-state index in [0.717, 1.165) is 11.3 Å². The number of amides is 1. The fourth-order valence-electron chi connectivity index (χ4n) is 2.50. The Labute approximate surface area is 157 Å². The summed E-state index contributed by atoms with van der Waals surface area (Å²) in [6, 6.07) is 13.0. The molecule has 27 heavy (non-hydrogen) atoms. The first kappa shape index (κ1) is 18.2. The molecule has 0 fully saturated rings. The molecule has 7 nitrogen and oxygen atoms in total. The van der Waals surface area contributed by atoms with Crippen LogP contribution in [0.5, 0.6) is 11.5 Å². The molecule has 0 atom stereocenters. The van der Waals surface area contributed by atoms with Gasteiger partial charge in [-0.15, -0.1) is 0 Å². The second-order valence-electron chi connectivity index (χ2n) is 5.77. The third-order valence-electron chi connectivity index (χ3n) is 3.86. The number of rotatable bonds is 6. The Morgan fingerprint density at radius 2 is 1.67 bits per heavy atom. The Balaban J connectivity index is 1.73. The van der Waals surface area contributed by atoms with Gasteiger partial charge in [0.05, 0.1) is 38.0 Å². The maximum atomic E-state index is 12.5. The third kappa shape index (κ3) is 4.33. The quantitative estimate of drug-likeness (QED) is 0.692. The highest BCUT2D eigenvalue weighted by atomic mass is 16.5. The highest BCUT2D eigenvalue weighted by Gasteiger charge is 2.12. The minimum Gasteiger partial charge on any atom is -0.495 e. The van der Waals surface area contributed by atoms with Gasteiger partial charge < -0.3 is 20.1 Å². The number of aryl methyl sites for hydroxylation is 1. The van der Waals surface area contributed by atoms with E-state index in [-0.39, 0.29) is 11.6 Å². The van der Waals surface area contributed by atoms with Crippen LogP contribution in [0.2, 0.25) is 0 Å². The number of ether oxygens (including phenoxy) is 2. The summed E-state index contributed by atoms with van der Waals surface area (Å²) in [5, 5.41) is 5.91. The first-order chi connectivity index (χ1) is 13.1. The molecule has 0 aliphatic heterocycles. The van der Waals surface area contributed by atoms with Crippen molar-refractivity contribution in [1.29, 1.82) is 0 Å². The van der Waals surface area contributed by atoms with E-state index in [2.05, 4.69) is 20.6 Å². The summed E-state index contributed by atoms with van der Waals surface area (Å²) in [6.07, 6.45) is 2.91. The summed E-state index contributed by atoms with van der Waals surface area (Å²) in [7, 11) is 3.15. The van der Waals surface area contributed by atoms with Crippen molar-refractivity contribution in [2.75, 3.05) is 24.9 Å². The molecule has 0 aliphatic rings. The maximum absolute atomic E-state index is 12.5. The average molecular weight is 364 g/mol. The summed E-state index contributed by atoms with van der Waals surface area (Å²) in [6.45, 7) is 1.94. The number of hydrogen-bond donors (Lipinski definition) is 2. The highest BCUT2D eigenvalue weighted by Crippen LogP contribution is 2.27. The second-order valence-corrected chi connectivity index (χ2v) is 5.77. The van der Waals surface area contributed by atoms with Crippen LogP contribution in [0.1, 0.15) is 16.1 Å². The summed E-state index contributed by atoms with van der Waals surface area (Å²) in [5.41, 5.74) is 2.55. The van der Waals surface area contributed by atoms with Crippen molar-refractivity contribution in [3.63, 3.8) is 0 Å². The minimum absolute atomic E-state index is 0.198. The lowest BCUT2D eigenvalue weighted by molar-refractivity contribution is 0.102. The number of carbonyl (C=O) groups is 1. The number of hydrogen-bond acceptors (Lipinski definition) is 6. The van der Waals surface area contributed by atoms with Gasteiger partial charge in [-0.05, 0) is 36.8 Å². The van der Waals surface area contributed by atoms with Crippen LogP contribution in [0, 0.1) is 6.92 Å². The Morgan fingerprint density at radius 3 is 2.37 bits per heavy atom. The second kappa shape index (κ2) is 8.18. The van der Waals surface area contributed by atoms with Crippen molar-refractivity contribution in [3.8, 4) is 11.5 Å². The number of nitrogens with zero attached hydrogens (tertiary/aromatic N) is 2. The van der Waals surface area contributed by atoms with Crippen molar-refractivity contribution in [2.24, 2.45) is 0 Å². The molecule has 2 N–H and O–H groups in total. The van der Waals surface area contributed by atoms with Crippen molar-refractivity contribution in [3.05, 3.63) is 66.1 Å². The normalized spacial score (nSPS) is 10.2. The van der Waals surface area contributed by atoms with Crippen molar-refractivity contribution in [2.45, 2.75) is 6.92 Å². The Hall–Kier alpha value is -3.61. The lowest BCUT2D eigenvalue weighted by Gasteiger charge is -2.11. The predicted molar refractivity (Wildman–Crippen MR) is 104 cm³/mol. The van der Waals surface area contributed by atoms with Crippen LogP contribution in [0.25, 0.3) is 0 Å². The van der Waals surface area contributed by atoms with Crippen LogP contribution in [-0.4, -0.2) is 30.1 Å². The molecule has 2 aromatic carbocycles. The lowest BCUT2D eigenvalue weighted by Crippen LogP contribution is -2.15. The number of benzene rings is 2. The van der Waals surface area contributed by atoms with Crippen LogP contribution in [0.15, 0.2) is 54.9 Å². The number of methoxy groups -OCH3 is 2. The third-order valence-corrected chi connectivity index (χ3v) is 3.86. The molecule has 0 unspecified atom stereocenters. The molecule has 1 aromatic heterocycles. The van der Waals surface area contributed by atoms with E-state index in [1.165, 1.54) is 12.4 Å². The molecule has 0 bridgehead atoms. The molecule has 3 rings (SSSR count). The Kier molecular flexibility index (Phi) is 5.51. The van der Waals surface area contributed by atoms with E-state index < -0.39 is 0 Å². The van der Waals surface area contributed by atoms with E-state index in [4.69, 9.17) is 9.47 Å². The summed E-state index contributed by atoms with van der Waals surface area (Å²) >= 11 is 0. The predicted octanol–water partition coefficient (Wildman–Crippen LogP) is 3.80. The topological polar surface area (TPSA) is 85.4 Å². The van der Waals surface area contributed by atoms with E-state index in [1.807, 2.05) is 43.3 Å². The molecular formula is C20H20N4O3. The van der Waals surface area contributed by atoms with E-state index in [0.29, 0.717) is 23.0 Å². The standard InChI is InChI=1S/C20H20N4O3/c1-13-8-9-18(27-3)15(10-13)24-20(25)16-11-22-19(12-21-16)23-14-6-4-5-7-17(14)26-2/h4-12H,1-3H3,(H,22,23)(H,24,25). The SMILES string of the molecule is COc1ccc(C)cc1NC(=O)c1cnc(Nc2ccccc2OC)cn1. The van der Waals surface area contributed by atoms with E-state index in [1.54, 1.807) is 20.3 Å². The Morgan fingerprint density at radius 1 is 0.926 bits per heavy atom. The number of anilines is 3. The fraction of sp³-hybridized carbons (Fsp3) is 0.150. The molecule has 0 aliphatic carbocycles. The number of carbonyl (C=O) groups excluding carboxylic acids is 1. The zero-order valence-corrected chi connectivity index (χ0v) is 15.3. The van der Waals surface area contributed by atoms with Gasteiger partial charge in [-0.25, -0.2) is 9.97 Å². The van der Waals surface area contributed by atoms with Gasteiger partial charge in [-0.3, -0.25) is 4.79 Å². The fourth-order valence-corrected chi connectivity index (χ4v) is 2.50. The first-order valence-electron chi connectivity index (χ1n) is 8.29. The van der Waals surface area contributed by atoms with Crippen LogP contribution in [0.4, 0.5) is 17.2 Å². The molecule has 3 aromatic rings. The average Bonchev–Trinajstić information content (AvgIpc) is 2.69. The zero-order valence-electron chi connectivity index (χ0n) is 15.3. The minimum atomic E-state index is -0.366. The largest absolute Gasteiger partial charge is 0.495 e. The van der Waals surface area contributed by atoms with Crippen molar-refractivity contribution < 1.29 is 14.3 Å². The molecule has 1 amide bonds. The molecule has 138 valence electrons. The maximum Gasteiger partial charge on any atom is 0.275 e. The number of para-hydroxylation sites is 2. The van der Waals surface area contributed by atoms with Gasteiger partial charge in [0, 0.05) is 0 Å². The van der Waals surface area contributed by atoms with Crippen LogP contribution >= 0.6 is 0 Å². The molecule has 0 saturated carbocycles. The first-order valence-corrected chi connectivity index (χ1v) is 8.29. The number of nitrogens with one attached hydrogen (secondary N) is 2. The monoisotopic (exact) mass is 364 g/mol.